The van der Waals surface area contributed by atoms with Gasteiger partial charge in [-0.15, -0.1) is 70.7 Å². The fourth-order valence-electron chi connectivity index (χ4n) is 17.3. The van der Waals surface area contributed by atoms with Crippen LogP contribution in [0.3, 0.4) is 0 Å². The van der Waals surface area contributed by atoms with Crippen LogP contribution < -0.4 is 24.6 Å². The molecule has 1 aliphatic carbocycles. The largest absolute Gasteiger partial charge is 0.511 e. The summed E-state index contributed by atoms with van der Waals surface area (Å²) in [6.07, 6.45) is 24.4. The molecular weight excluding hydrogens is 1670 g/mol. The van der Waals surface area contributed by atoms with E-state index in [1.165, 1.54) is 145 Å². The molecule has 8 aromatic carbocycles. The quantitative estimate of drug-likeness (QED) is 0.156. The van der Waals surface area contributed by atoms with Gasteiger partial charge in [-0.05, 0) is 44.4 Å². The van der Waals surface area contributed by atoms with Crippen molar-refractivity contribution in [2.45, 2.75) is 71.9 Å². The summed E-state index contributed by atoms with van der Waals surface area (Å²) in [7, 11) is 10.7. The predicted molar refractivity (Wildman–Crippen MR) is 404 cm³/mol. The molecule has 5 radical (unpaired) electrons. The van der Waals surface area contributed by atoms with Gasteiger partial charge in [0.1, 0.15) is 0 Å². The van der Waals surface area contributed by atoms with Crippen molar-refractivity contribution in [3.63, 3.8) is 0 Å². The molecule has 22 rings (SSSR count). The Kier molecular flexibility index (Phi) is 22.2. The maximum absolute atomic E-state index is 5.97. The van der Waals surface area contributed by atoms with Crippen LogP contribution in [0.4, 0.5) is 22.3 Å². The van der Waals surface area contributed by atoms with Crippen molar-refractivity contribution in [3.8, 4) is 22.3 Å². The zero-order chi connectivity index (χ0) is 66.5. The number of anilines is 4. The van der Waals surface area contributed by atoms with Crippen LogP contribution in [0.25, 0.3) is 59.8 Å². The molecule has 5 atom stereocenters. The Morgan fingerprint density at radius 1 is 0.408 bits per heavy atom. The second-order valence-electron chi connectivity index (χ2n) is 27.6. The molecule has 0 N–H and O–H groups in total. The number of nitrogens with zero attached hydrogens (tertiary/aromatic N) is 11. The van der Waals surface area contributed by atoms with Crippen LogP contribution in [0.15, 0.2) is 254 Å². The molecule has 12 nitrogen and oxygen atoms in total. The fraction of sp³-hybridized carbons (Fsp3) is 0.188. The Morgan fingerprint density at radius 2 is 0.971 bits per heavy atom. The van der Waals surface area contributed by atoms with Gasteiger partial charge in [0.05, 0.1) is 48.0 Å². The number of hydrogen-bond donors (Lipinski definition) is 0. The average molecular weight is 1750 g/mol. The Balaban J connectivity index is 0.000000114. The summed E-state index contributed by atoms with van der Waals surface area (Å²) in [4.78, 5) is 20.8. The zero-order valence-electron chi connectivity index (χ0n) is 59.9. The van der Waals surface area contributed by atoms with Gasteiger partial charge in [-0.25, -0.2) is 0 Å². The van der Waals surface area contributed by atoms with Gasteiger partial charge in [-0.1, -0.05) is 224 Å². The van der Waals surface area contributed by atoms with Crippen LogP contribution in [0.1, 0.15) is 79.3 Å². The second kappa shape index (κ2) is 30.2. The number of thiophene rings is 1. The summed E-state index contributed by atoms with van der Waals surface area (Å²) in [5.41, 5.74) is 21.3. The molecule has 0 saturated heterocycles. The zero-order valence-corrected chi connectivity index (χ0v) is 74.9. The van der Waals surface area contributed by atoms with E-state index in [1.807, 2.05) is 23.5 Å². The van der Waals surface area contributed by atoms with E-state index in [9.17, 15) is 0 Å². The molecule has 0 spiro atoms. The van der Waals surface area contributed by atoms with Crippen molar-refractivity contribution in [2.75, 3.05) is 59.8 Å². The normalized spacial score (nSPS) is 19.4. The Bertz CT molecular complexity index is 4880. The summed E-state index contributed by atoms with van der Waals surface area (Å²) >= 11 is 1.90. The van der Waals surface area contributed by atoms with Gasteiger partial charge in [0, 0.05) is 261 Å². The maximum Gasteiger partial charge on any atom is 0.0936 e. The van der Waals surface area contributed by atoms with Gasteiger partial charge < -0.3 is 48.5 Å². The topological polar surface area (TPSA) is 50.5 Å². The first kappa shape index (κ1) is 75.6. The van der Waals surface area contributed by atoms with Crippen molar-refractivity contribution >= 4 is 71.1 Å². The van der Waals surface area contributed by atoms with E-state index in [0.29, 0.717) is 24.7 Å². The average Bonchev–Trinajstić information content (AvgIpc) is 1.60. The third-order valence-corrected chi connectivity index (χ3v) is 23.0. The molecule has 0 fully saturated rings. The minimum absolute atomic E-state index is 0. The number of fused-ring (bicyclic) bond motifs is 24. The Morgan fingerprint density at radius 3 is 1.71 bits per heavy atom. The number of hydrogen-bond acceptors (Lipinski definition) is 12. The van der Waals surface area contributed by atoms with Gasteiger partial charge in [-0.3, -0.25) is 9.69 Å². The standard InChI is InChI=1S/C24H21N2.C19H17N2.C14H14N3.C14H13N2O.C14H13N2S.5Y/c1-17-21-15-20(18-9-5-3-6-10-18)13-14-22(21)26-16-23(25(2)24(17)26)19-11-7-4-8-12-19;1-12-16-11-17-14(9-13-5-3-4-6-15(13)17)10-18(16)21-8-7-20(2)19(12)21;1-10-13-12-6-4-3-5-11(12)9-17(13)16-8-7-15(2)14(10)16;2*1-9-12-10-5-3-4-6-11(10)17-14(12)16-8-7-15(2)13(9)16;;;;;/h3-16,24H,1-2H3;3-8,10-11,19H,9H2,1-2H3;3-9,14H,1-2H3;2*3-8,13H,1-2H3;;;;;/q5*-1;;;;;. The molecule has 0 bridgehead atoms. The van der Waals surface area contributed by atoms with Crippen molar-refractivity contribution in [1.29, 1.82) is 0 Å². The van der Waals surface area contributed by atoms with Gasteiger partial charge in [0.25, 0.3) is 0 Å². The second-order valence-corrected chi connectivity index (χ2v) is 28.6. The minimum atomic E-state index is 0. The molecule has 3 aromatic heterocycles. The molecule has 11 aliphatic rings. The molecule has 13 heterocycles. The van der Waals surface area contributed by atoms with Crippen LogP contribution in [0.2, 0.25) is 0 Å². The summed E-state index contributed by atoms with van der Waals surface area (Å²) in [6, 6.07) is 67.2. The van der Waals surface area contributed by atoms with Crippen LogP contribution in [0.5, 0.6) is 0 Å². The molecule has 0 saturated carbocycles. The third kappa shape index (κ3) is 12.4. The molecular formula is C85H78N11OSY5-5. The van der Waals surface area contributed by atoms with E-state index in [1.54, 1.807) is 0 Å². The fourth-order valence-corrected chi connectivity index (χ4v) is 18.6. The SMILES string of the molecule is C[C-]1c2c(oc3ccccc23)N2C=CN(C)C12.C[C-]1c2c(sc3ccccc23)N2C=CN(C)C12.C[C-]1c2c3ccccc3cn2N2C=CN(C)C12.C[C-]1c2cc(-c3ccccc3)ccc2N2C=C(c3ccccc3)N(C)C12.C[C-]1c2cc3c(cc2N2C=CN(C)C12)Cc1ccccc1-3.[Y].[Y].[Y].[Y].[Y]. The number of rotatable bonds is 2. The Labute approximate surface area is 736 Å². The number of benzene rings is 8. The van der Waals surface area contributed by atoms with Gasteiger partial charge in [-0.2, -0.15) is 40.5 Å². The number of para-hydroxylation sites is 1. The van der Waals surface area contributed by atoms with Crippen molar-refractivity contribution in [1.82, 2.24) is 29.2 Å². The number of likely N-dealkylation sites (N-methyl/N-ethyl adjacent to an activating group) is 5. The molecule has 5 unspecified atom stereocenters. The summed E-state index contributed by atoms with van der Waals surface area (Å²) in [5.74, 6) is 8.07. The monoisotopic (exact) mass is 1750 g/mol. The first-order valence-corrected chi connectivity index (χ1v) is 34.9. The molecule has 0 amide bonds. The van der Waals surface area contributed by atoms with Crippen molar-refractivity contribution in [2.24, 2.45) is 0 Å². The number of aromatic nitrogens is 1. The van der Waals surface area contributed by atoms with Crippen LogP contribution >= 0.6 is 11.3 Å². The van der Waals surface area contributed by atoms with Crippen molar-refractivity contribution < 1.29 is 168 Å². The maximum atomic E-state index is 5.97. The Hall–Kier alpha value is -5.63. The van der Waals surface area contributed by atoms with Gasteiger partial charge >= 0.3 is 0 Å². The summed E-state index contributed by atoms with van der Waals surface area (Å²) in [6.45, 7) is 11.2. The first-order chi connectivity index (χ1) is 47.8. The van der Waals surface area contributed by atoms with E-state index in [0.717, 1.165) is 17.9 Å². The van der Waals surface area contributed by atoms with Crippen molar-refractivity contribution in [3.05, 3.63) is 324 Å². The third-order valence-electron chi connectivity index (χ3n) is 21.9. The molecule has 103 heavy (non-hydrogen) atoms. The molecule has 11 aromatic rings. The van der Waals surface area contributed by atoms with Crippen LogP contribution in [-0.2, 0) is 170 Å². The van der Waals surface area contributed by atoms with E-state index >= 15 is 0 Å². The molecule has 10 aliphatic heterocycles. The number of furan rings is 1. The predicted octanol–water partition coefficient (Wildman–Crippen LogP) is 17.8. The van der Waals surface area contributed by atoms with E-state index in [-0.39, 0.29) is 170 Å². The molecule has 18 heteroatoms. The van der Waals surface area contributed by atoms with Gasteiger partial charge in [0.15, 0.2) is 0 Å². The van der Waals surface area contributed by atoms with E-state index < -0.39 is 0 Å². The van der Waals surface area contributed by atoms with Gasteiger partial charge in [0.2, 0.25) is 0 Å². The van der Waals surface area contributed by atoms with E-state index in [4.69, 9.17) is 4.42 Å². The molecule has 505 valence electrons. The van der Waals surface area contributed by atoms with Crippen LogP contribution in [-0.4, -0.2) is 95.2 Å². The summed E-state index contributed by atoms with van der Waals surface area (Å²) < 4.78 is 9.63. The minimum Gasteiger partial charge on any atom is -0.511 e. The van der Waals surface area contributed by atoms with Crippen LogP contribution in [0, 0.1) is 29.6 Å². The van der Waals surface area contributed by atoms with E-state index in [2.05, 4.69) is 362 Å². The first-order valence-electron chi connectivity index (χ1n) is 34.1. The summed E-state index contributed by atoms with van der Waals surface area (Å²) in [5, 5.41) is 8.96. The smallest absolute Gasteiger partial charge is 0.0936 e.